The number of carbonyl (C=O) groups excluding carboxylic acids is 1. The van der Waals surface area contributed by atoms with E-state index in [0.29, 0.717) is 12.0 Å². The van der Waals surface area contributed by atoms with E-state index < -0.39 is 5.97 Å². The number of carboxylic acids is 1. The highest BCUT2D eigenvalue weighted by Crippen LogP contribution is 2.74. The fraction of sp³-hybridized carbons (Fsp3) is 0.545. The second-order valence-electron chi connectivity index (χ2n) is 18.4. The van der Waals surface area contributed by atoms with Crippen LogP contribution in [0.1, 0.15) is 159 Å². The topological polar surface area (TPSA) is 54.4 Å². The predicted molar refractivity (Wildman–Crippen MR) is 270 cm³/mol. The maximum absolute atomic E-state index is 14.8. The molecule has 0 saturated carbocycles. The minimum absolute atomic E-state index is 0.0460. The average molecular weight is 1010 g/mol. The van der Waals surface area contributed by atoms with E-state index in [-0.39, 0.29) is 36.2 Å². The molecular weight excluding hydrogens is 961 g/mol. The average Bonchev–Trinajstić information content (AvgIpc) is 3.88. The Hall–Kier alpha value is 1.00. The molecule has 59 heavy (non-hydrogen) atoms. The largest absolute Gasteiger partial charge is 0.478 e. The summed E-state index contributed by atoms with van der Waals surface area (Å²) in [4.78, 5) is 42.7. The second-order valence-corrected chi connectivity index (χ2v) is 39.6. The zero-order chi connectivity index (χ0) is 42.6. The highest BCUT2D eigenvalue weighted by molar-refractivity contribution is 8.23. The summed E-state index contributed by atoms with van der Waals surface area (Å²) in [5.41, 5.74) is 5.44. The Balaban J connectivity index is 1.47. The number of thioether (sulfide) groups is 12. The molecule has 15 heteroatoms. The molecule has 316 valence electrons. The molecule has 9 rings (SSSR count). The summed E-state index contributed by atoms with van der Waals surface area (Å²) >= 11 is 22.8. The summed E-state index contributed by atoms with van der Waals surface area (Å²) in [5.74, 6) is -0.742. The SMILES string of the molecule is CCCCCC(=O)c1c2c(c(C(c3c4c(cc5c3SC(C)(C)S5)SC(C)(C)S4)c3c4c(c(C(=O)O)c5c3SC(C)(C)S5)SC(C)(C)S4)c3c1SC(C)(C)S3)SC(C)(C)S2. The first-order valence-electron chi connectivity index (χ1n) is 20.0. The van der Waals surface area contributed by atoms with Crippen molar-refractivity contribution < 1.29 is 14.7 Å². The van der Waals surface area contributed by atoms with E-state index in [9.17, 15) is 14.7 Å². The minimum Gasteiger partial charge on any atom is -0.478 e. The van der Waals surface area contributed by atoms with Gasteiger partial charge < -0.3 is 5.11 Å². The number of carboxylic acid groups (broad SMARTS) is 1. The molecule has 1 atom stereocenters. The van der Waals surface area contributed by atoms with E-state index in [1.165, 1.54) is 55.9 Å². The number of fused-ring (bicyclic) bond motifs is 6. The van der Waals surface area contributed by atoms with Crippen LogP contribution in [-0.2, 0) is 0 Å². The first-order chi connectivity index (χ1) is 27.3. The van der Waals surface area contributed by atoms with Gasteiger partial charge in [-0.1, -0.05) is 19.8 Å². The lowest BCUT2D eigenvalue weighted by molar-refractivity contribution is 0.0687. The molecule has 0 amide bonds. The number of Topliss-reactive ketones (excluding diaryl/α,β-unsaturated/α-hetero) is 1. The van der Waals surface area contributed by atoms with Crippen LogP contribution >= 0.6 is 141 Å². The molecule has 1 unspecified atom stereocenters. The fourth-order valence-electron chi connectivity index (χ4n) is 8.57. The lowest BCUT2D eigenvalue weighted by Crippen LogP contribution is -2.16. The lowest BCUT2D eigenvalue weighted by atomic mass is 9.83. The van der Waals surface area contributed by atoms with Crippen LogP contribution in [0, 0.1) is 0 Å². The zero-order valence-corrected chi connectivity index (χ0v) is 45.4. The number of hydrogen-bond acceptors (Lipinski definition) is 14. The Bertz CT molecular complexity index is 2260. The van der Waals surface area contributed by atoms with Crippen molar-refractivity contribution in [1.29, 1.82) is 0 Å². The van der Waals surface area contributed by atoms with Crippen LogP contribution in [0.4, 0.5) is 0 Å². The van der Waals surface area contributed by atoms with Crippen molar-refractivity contribution in [2.24, 2.45) is 0 Å². The van der Waals surface area contributed by atoms with Gasteiger partial charge in [-0.15, -0.1) is 141 Å². The Kier molecular flexibility index (Phi) is 11.7. The van der Waals surface area contributed by atoms with Gasteiger partial charge in [-0.2, -0.15) is 0 Å². The molecule has 0 radical (unpaired) electrons. The standard InChI is InChI=1S/C44H50O3S12/c1-14-15-16-17-19(45)22-30-32(54-41(6,7)52-30)25(33-31(22)53-42(8,9)55-33)23(24-28-20(48-39(2,3)50-28)18-21-29(24)51-40(4,5)49-21)26-34-36(58-43(10,11)56-34)27(38(46)47)37-35(26)57-44(12,13)59-37/h18,23H,14-17H2,1-13H3,(H,46,47). The molecule has 0 aliphatic carbocycles. The van der Waals surface area contributed by atoms with Crippen LogP contribution in [0.5, 0.6) is 0 Å². The van der Waals surface area contributed by atoms with Crippen LogP contribution in [0.2, 0.25) is 0 Å². The van der Waals surface area contributed by atoms with Crippen LogP contribution in [0.3, 0.4) is 0 Å². The summed E-state index contributed by atoms with van der Waals surface area (Å²) in [5, 5.41) is 11.1. The number of rotatable bonds is 9. The number of ketones is 1. The lowest BCUT2D eigenvalue weighted by Gasteiger charge is -2.31. The summed E-state index contributed by atoms with van der Waals surface area (Å²) in [6.07, 6.45) is 3.62. The number of hydrogen-bond donors (Lipinski definition) is 1. The summed E-state index contributed by atoms with van der Waals surface area (Å²) in [6.45, 7) is 29.9. The fourth-order valence-corrected chi connectivity index (χ4v) is 26.3. The van der Waals surface area contributed by atoms with E-state index in [1.807, 2.05) is 118 Å². The molecule has 6 heterocycles. The van der Waals surface area contributed by atoms with Crippen LogP contribution in [-0.4, -0.2) is 41.3 Å². The van der Waals surface area contributed by atoms with E-state index in [4.69, 9.17) is 0 Å². The molecule has 0 spiro atoms. The van der Waals surface area contributed by atoms with Crippen molar-refractivity contribution >= 4 is 153 Å². The van der Waals surface area contributed by atoms with Crippen molar-refractivity contribution in [2.45, 2.75) is 205 Å². The molecule has 1 N–H and O–H groups in total. The normalized spacial score (nSPS) is 23.1. The van der Waals surface area contributed by atoms with Crippen molar-refractivity contribution in [3.63, 3.8) is 0 Å². The monoisotopic (exact) mass is 1010 g/mol. The van der Waals surface area contributed by atoms with Gasteiger partial charge in [0.05, 0.1) is 30.0 Å². The number of unbranched alkanes of at least 4 members (excludes halogenated alkanes) is 2. The van der Waals surface area contributed by atoms with Gasteiger partial charge in [0.1, 0.15) is 0 Å². The Morgan fingerprint density at radius 1 is 0.458 bits per heavy atom. The zero-order valence-electron chi connectivity index (χ0n) is 35.6. The van der Waals surface area contributed by atoms with Crippen molar-refractivity contribution in [1.82, 2.24) is 0 Å². The van der Waals surface area contributed by atoms with Crippen LogP contribution in [0.15, 0.2) is 64.8 Å². The molecule has 6 aliphatic heterocycles. The minimum atomic E-state index is -0.837. The number of aromatic carboxylic acids is 1. The van der Waals surface area contributed by atoms with E-state index in [1.54, 1.807) is 23.5 Å². The summed E-state index contributed by atoms with van der Waals surface area (Å²) < 4.78 is -0.926. The first-order valence-corrected chi connectivity index (χ1v) is 29.8. The molecule has 0 fully saturated rings. The number of benzene rings is 3. The molecule has 0 aromatic heterocycles. The van der Waals surface area contributed by atoms with E-state index in [0.717, 1.165) is 44.4 Å². The van der Waals surface area contributed by atoms with Gasteiger partial charge in [0.2, 0.25) is 0 Å². The third kappa shape index (κ3) is 8.08. The summed E-state index contributed by atoms with van der Waals surface area (Å²) in [7, 11) is 0. The molecule has 6 aliphatic rings. The maximum Gasteiger partial charge on any atom is 0.338 e. The molecule has 0 saturated heterocycles. The highest BCUT2D eigenvalue weighted by Gasteiger charge is 2.52. The van der Waals surface area contributed by atoms with Gasteiger partial charge in [0, 0.05) is 76.6 Å². The quantitative estimate of drug-likeness (QED) is 0.126. The molecule has 3 aromatic carbocycles. The van der Waals surface area contributed by atoms with Gasteiger partial charge in [0.25, 0.3) is 0 Å². The molecule has 3 nitrogen and oxygen atoms in total. The van der Waals surface area contributed by atoms with Gasteiger partial charge in [0.15, 0.2) is 5.78 Å². The maximum atomic E-state index is 14.8. The van der Waals surface area contributed by atoms with Gasteiger partial charge in [-0.3, -0.25) is 4.79 Å². The molecule has 3 aromatic rings. The highest BCUT2D eigenvalue weighted by atomic mass is 32.2. The smallest absolute Gasteiger partial charge is 0.338 e. The second kappa shape index (κ2) is 15.3. The third-order valence-electron chi connectivity index (χ3n) is 10.5. The molecular formula is C44H50O3S12. The Morgan fingerprint density at radius 3 is 1.12 bits per heavy atom. The van der Waals surface area contributed by atoms with Crippen molar-refractivity contribution in [3.8, 4) is 0 Å². The number of carbonyl (C=O) groups is 2. The van der Waals surface area contributed by atoms with Crippen molar-refractivity contribution in [3.05, 3.63) is 33.9 Å². The van der Waals surface area contributed by atoms with Crippen molar-refractivity contribution in [2.75, 3.05) is 0 Å². The van der Waals surface area contributed by atoms with Gasteiger partial charge >= 0.3 is 5.97 Å². The summed E-state index contributed by atoms with van der Waals surface area (Å²) in [6, 6.07) is 2.47. The van der Waals surface area contributed by atoms with Crippen LogP contribution < -0.4 is 0 Å². The Morgan fingerprint density at radius 2 is 0.763 bits per heavy atom. The first kappa shape index (κ1) is 45.2. The molecule has 0 bridgehead atoms. The van der Waals surface area contributed by atoms with Gasteiger partial charge in [-0.05, 0) is 112 Å². The predicted octanol–water partition coefficient (Wildman–Crippen LogP) is 17.9. The third-order valence-corrected chi connectivity index (χ3v) is 27.5. The van der Waals surface area contributed by atoms with E-state index >= 15 is 0 Å². The van der Waals surface area contributed by atoms with Crippen LogP contribution in [0.25, 0.3) is 0 Å². The van der Waals surface area contributed by atoms with Gasteiger partial charge in [-0.25, -0.2) is 4.79 Å². The Labute approximate surface area is 402 Å². The van der Waals surface area contributed by atoms with E-state index in [2.05, 4.69) is 96.1 Å².